The molecule has 122 valence electrons. The lowest BCUT2D eigenvalue weighted by atomic mass is 9.83. The molecule has 0 unspecified atom stereocenters. The lowest BCUT2D eigenvalue weighted by Gasteiger charge is -2.29. The normalized spacial score (nSPS) is 16.6. The summed E-state index contributed by atoms with van der Waals surface area (Å²) in [6, 6.07) is 7.52. The summed E-state index contributed by atoms with van der Waals surface area (Å²) in [5.74, 6) is 0.00579. The standard InChI is InChI=1S/C18H28N2O2/c1-2-22-12-11-18(9-3-4-10-18)14-20-17(21)16-7-5-15(13-19)6-8-16/h5-8H,2-4,9-14,19H2,1H3,(H,20,21). The average molecular weight is 304 g/mol. The molecule has 0 bridgehead atoms. The maximum Gasteiger partial charge on any atom is 0.251 e. The molecule has 1 aliphatic rings. The van der Waals surface area contributed by atoms with Crippen molar-refractivity contribution in [3.8, 4) is 0 Å². The number of amides is 1. The molecule has 22 heavy (non-hydrogen) atoms. The summed E-state index contributed by atoms with van der Waals surface area (Å²) in [5, 5.41) is 3.12. The van der Waals surface area contributed by atoms with E-state index in [9.17, 15) is 4.79 Å². The van der Waals surface area contributed by atoms with Gasteiger partial charge in [0.15, 0.2) is 0 Å². The summed E-state index contributed by atoms with van der Waals surface area (Å²) in [4.78, 5) is 12.3. The van der Waals surface area contributed by atoms with Gasteiger partial charge < -0.3 is 15.8 Å². The van der Waals surface area contributed by atoms with Crippen LogP contribution in [0.15, 0.2) is 24.3 Å². The number of rotatable bonds is 8. The molecule has 1 aromatic carbocycles. The first-order valence-electron chi connectivity index (χ1n) is 8.34. The summed E-state index contributed by atoms with van der Waals surface area (Å²) in [6.45, 7) is 4.82. The molecule has 2 rings (SSSR count). The van der Waals surface area contributed by atoms with Gasteiger partial charge >= 0.3 is 0 Å². The second-order valence-electron chi connectivity index (χ2n) is 6.24. The topological polar surface area (TPSA) is 64.3 Å². The highest BCUT2D eigenvalue weighted by atomic mass is 16.5. The molecule has 0 heterocycles. The van der Waals surface area contributed by atoms with Crippen molar-refractivity contribution >= 4 is 5.91 Å². The predicted octanol–water partition coefficient (Wildman–Crippen LogP) is 2.86. The molecule has 0 aromatic heterocycles. The van der Waals surface area contributed by atoms with Gasteiger partial charge in [0.25, 0.3) is 5.91 Å². The van der Waals surface area contributed by atoms with Crippen molar-refractivity contribution in [1.82, 2.24) is 5.32 Å². The molecule has 0 aliphatic heterocycles. The Morgan fingerprint density at radius 2 is 1.95 bits per heavy atom. The Labute approximate surface area is 133 Å². The molecule has 0 spiro atoms. The van der Waals surface area contributed by atoms with Gasteiger partial charge in [0.1, 0.15) is 0 Å². The van der Waals surface area contributed by atoms with Crippen molar-refractivity contribution in [3.63, 3.8) is 0 Å². The minimum absolute atomic E-state index is 0.00579. The first-order valence-corrected chi connectivity index (χ1v) is 8.34. The molecule has 1 saturated carbocycles. The number of nitrogens with one attached hydrogen (secondary N) is 1. The zero-order valence-corrected chi connectivity index (χ0v) is 13.6. The Morgan fingerprint density at radius 1 is 1.27 bits per heavy atom. The summed E-state index contributed by atoms with van der Waals surface area (Å²) in [6.07, 6.45) is 5.92. The second kappa shape index (κ2) is 8.30. The van der Waals surface area contributed by atoms with Crippen LogP contribution in [0.4, 0.5) is 0 Å². The van der Waals surface area contributed by atoms with Crippen molar-refractivity contribution in [2.24, 2.45) is 11.1 Å². The van der Waals surface area contributed by atoms with Gasteiger partial charge in [-0.1, -0.05) is 25.0 Å². The van der Waals surface area contributed by atoms with Gasteiger partial charge in [-0.3, -0.25) is 4.79 Å². The molecule has 4 nitrogen and oxygen atoms in total. The van der Waals surface area contributed by atoms with E-state index in [1.54, 1.807) is 0 Å². The minimum Gasteiger partial charge on any atom is -0.382 e. The van der Waals surface area contributed by atoms with Crippen LogP contribution in [0.1, 0.15) is 54.9 Å². The van der Waals surface area contributed by atoms with Crippen molar-refractivity contribution in [3.05, 3.63) is 35.4 Å². The molecule has 1 aromatic rings. The van der Waals surface area contributed by atoms with Crippen molar-refractivity contribution in [2.45, 2.75) is 45.6 Å². The minimum atomic E-state index is 0.00579. The summed E-state index contributed by atoms with van der Waals surface area (Å²) in [7, 11) is 0. The van der Waals surface area contributed by atoms with E-state index < -0.39 is 0 Å². The van der Waals surface area contributed by atoms with Gasteiger partial charge in [0.2, 0.25) is 0 Å². The van der Waals surface area contributed by atoms with Crippen LogP contribution >= 0.6 is 0 Å². The van der Waals surface area contributed by atoms with Gasteiger partial charge in [0, 0.05) is 31.9 Å². The highest BCUT2D eigenvalue weighted by Gasteiger charge is 2.33. The molecule has 0 saturated heterocycles. The van der Waals surface area contributed by atoms with E-state index in [0.29, 0.717) is 12.1 Å². The Morgan fingerprint density at radius 3 is 2.55 bits per heavy atom. The highest BCUT2D eigenvalue weighted by Crippen LogP contribution is 2.40. The van der Waals surface area contributed by atoms with Crippen LogP contribution in [-0.4, -0.2) is 25.7 Å². The monoisotopic (exact) mass is 304 g/mol. The fourth-order valence-electron chi connectivity index (χ4n) is 3.24. The predicted molar refractivity (Wildman–Crippen MR) is 88.7 cm³/mol. The van der Waals surface area contributed by atoms with Gasteiger partial charge in [-0.05, 0) is 49.3 Å². The average Bonchev–Trinajstić information content (AvgIpc) is 3.02. The third-order valence-corrected chi connectivity index (χ3v) is 4.72. The van der Waals surface area contributed by atoms with E-state index in [2.05, 4.69) is 5.32 Å². The molecular formula is C18H28N2O2. The Kier molecular flexibility index (Phi) is 6.40. The molecule has 1 amide bonds. The lowest BCUT2D eigenvalue weighted by Crippen LogP contribution is -2.36. The van der Waals surface area contributed by atoms with E-state index in [-0.39, 0.29) is 11.3 Å². The first kappa shape index (κ1) is 17.0. The van der Waals surface area contributed by atoms with E-state index in [0.717, 1.165) is 31.7 Å². The Hall–Kier alpha value is -1.39. The zero-order valence-electron chi connectivity index (χ0n) is 13.6. The molecular weight excluding hydrogens is 276 g/mol. The van der Waals surface area contributed by atoms with Gasteiger partial charge in [-0.2, -0.15) is 0 Å². The van der Waals surface area contributed by atoms with E-state index in [1.165, 1.54) is 25.7 Å². The molecule has 0 atom stereocenters. The molecule has 0 radical (unpaired) electrons. The van der Waals surface area contributed by atoms with Crippen LogP contribution < -0.4 is 11.1 Å². The van der Waals surface area contributed by atoms with E-state index in [1.807, 2.05) is 31.2 Å². The number of hydrogen-bond donors (Lipinski definition) is 2. The Balaban J connectivity index is 1.89. The van der Waals surface area contributed by atoms with Crippen LogP contribution in [0.2, 0.25) is 0 Å². The van der Waals surface area contributed by atoms with Crippen LogP contribution in [0.25, 0.3) is 0 Å². The number of carbonyl (C=O) groups excluding carboxylic acids is 1. The third kappa shape index (κ3) is 4.55. The zero-order chi connectivity index (χ0) is 15.8. The summed E-state index contributed by atoms with van der Waals surface area (Å²) >= 11 is 0. The molecule has 3 N–H and O–H groups in total. The van der Waals surface area contributed by atoms with Gasteiger partial charge in [-0.15, -0.1) is 0 Å². The first-order chi connectivity index (χ1) is 10.7. The number of ether oxygens (including phenoxy) is 1. The maximum absolute atomic E-state index is 12.3. The smallest absolute Gasteiger partial charge is 0.251 e. The van der Waals surface area contributed by atoms with E-state index in [4.69, 9.17) is 10.5 Å². The van der Waals surface area contributed by atoms with E-state index >= 15 is 0 Å². The van der Waals surface area contributed by atoms with Crippen LogP contribution in [0.3, 0.4) is 0 Å². The number of nitrogens with two attached hydrogens (primary N) is 1. The van der Waals surface area contributed by atoms with Crippen molar-refractivity contribution in [2.75, 3.05) is 19.8 Å². The van der Waals surface area contributed by atoms with Crippen LogP contribution in [0.5, 0.6) is 0 Å². The summed E-state index contributed by atoms with van der Waals surface area (Å²) in [5.41, 5.74) is 7.55. The fraction of sp³-hybridized carbons (Fsp3) is 0.611. The quantitative estimate of drug-likeness (QED) is 0.726. The number of benzene rings is 1. The van der Waals surface area contributed by atoms with Gasteiger partial charge in [0.05, 0.1) is 0 Å². The third-order valence-electron chi connectivity index (χ3n) is 4.72. The fourth-order valence-corrected chi connectivity index (χ4v) is 3.24. The summed E-state index contributed by atoms with van der Waals surface area (Å²) < 4.78 is 5.51. The largest absolute Gasteiger partial charge is 0.382 e. The molecule has 1 fully saturated rings. The Bertz CT molecular complexity index is 464. The maximum atomic E-state index is 12.3. The van der Waals surface area contributed by atoms with Crippen molar-refractivity contribution < 1.29 is 9.53 Å². The second-order valence-corrected chi connectivity index (χ2v) is 6.24. The molecule has 1 aliphatic carbocycles. The molecule has 4 heteroatoms. The lowest BCUT2D eigenvalue weighted by molar-refractivity contribution is 0.0863. The van der Waals surface area contributed by atoms with Crippen LogP contribution in [0, 0.1) is 5.41 Å². The van der Waals surface area contributed by atoms with Crippen molar-refractivity contribution in [1.29, 1.82) is 0 Å². The SMILES string of the molecule is CCOCCC1(CNC(=O)c2ccc(CN)cc2)CCCC1. The highest BCUT2D eigenvalue weighted by molar-refractivity contribution is 5.94. The van der Waals surface area contributed by atoms with Crippen LogP contribution in [-0.2, 0) is 11.3 Å². The van der Waals surface area contributed by atoms with Gasteiger partial charge in [-0.25, -0.2) is 0 Å². The number of hydrogen-bond acceptors (Lipinski definition) is 3. The number of carbonyl (C=O) groups is 1.